The minimum Gasteiger partial charge on any atom is -0.367 e. The zero-order valence-corrected chi connectivity index (χ0v) is 16.1. The van der Waals surface area contributed by atoms with Crippen LogP contribution in [0, 0.1) is 19.7 Å². The highest BCUT2D eigenvalue weighted by Crippen LogP contribution is 2.24. The number of ketones is 1. The number of carbonyl (C=O) groups is 1. The van der Waals surface area contributed by atoms with Gasteiger partial charge in [-0.05, 0) is 62.2 Å². The van der Waals surface area contributed by atoms with Crippen molar-refractivity contribution >= 4 is 23.5 Å². The Labute approximate surface area is 155 Å². The van der Waals surface area contributed by atoms with E-state index in [0.29, 0.717) is 11.3 Å². The summed E-state index contributed by atoms with van der Waals surface area (Å²) in [6.45, 7) is 6.99. The zero-order chi connectivity index (χ0) is 19.3. The lowest BCUT2D eigenvalue weighted by molar-refractivity contribution is 0.0999. The fraction of sp³-hybridized carbons (Fsp3) is 0.333. The fourth-order valence-electron chi connectivity index (χ4n) is 2.59. The van der Waals surface area contributed by atoms with Gasteiger partial charge in [0.05, 0.1) is 18.6 Å². The first-order chi connectivity index (χ1) is 12.3. The summed E-state index contributed by atoms with van der Waals surface area (Å²) >= 11 is 0. The molecule has 0 radical (unpaired) electrons. The van der Waals surface area contributed by atoms with Gasteiger partial charge >= 0.3 is 0 Å². The van der Waals surface area contributed by atoms with Crippen LogP contribution in [0.15, 0.2) is 41.4 Å². The molecule has 0 saturated heterocycles. The average Bonchev–Trinajstić information content (AvgIpc) is 2.61. The van der Waals surface area contributed by atoms with Gasteiger partial charge in [-0.25, -0.2) is 9.38 Å². The summed E-state index contributed by atoms with van der Waals surface area (Å²) < 4.78 is 13.4. The highest BCUT2D eigenvalue weighted by Gasteiger charge is 2.14. The third kappa shape index (κ3) is 4.91. The molecule has 0 N–H and O–H groups in total. The number of anilines is 1. The van der Waals surface area contributed by atoms with Crippen molar-refractivity contribution in [2.24, 2.45) is 4.99 Å². The molecular formula is C21H26FN3O. The predicted octanol–water partition coefficient (Wildman–Crippen LogP) is 4.37. The van der Waals surface area contributed by atoms with E-state index in [4.69, 9.17) is 0 Å². The van der Waals surface area contributed by atoms with E-state index in [9.17, 15) is 9.18 Å². The molecule has 26 heavy (non-hydrogen) atoms. The Bertz CT molecular complexity index is 817. The molecule has 0 unspecified atom stereocenters. The van der Waals surface area contributed by atoms with Crippen LogP contribution in [0.2, 0.25) is 0 Å². The quantitative estimate of drug-likeness (QED) is 0.420. The van der Waals surface area contributed by atoms with Crippen LogP contribution in [0.4, 0.5) is 15.8 Å². The van der Waals surface area contributed by atoms with Gasteiger partial charge in [0, 0.05) is 31.9 Å². The number of aliphatic imine (C=N–C) groups is 1. The van der Waals surface area contributed by atoms with Crippen LogP contribution >= 0.6 is 0 Å². The highest BCUT2D eigenvalue weighted by molar-refractivity contribution is 6.01. The summed E-state index contributed by atoms with van der Waals surface area (Å²) in [5.74, 6) is -0.313. The molecule has 0 aliphatic heterocycles. The summed E-state index contributed by atoms with van der Waals surface area (Å²) in [6, 6.07) is 10.1. The van der Waals surface area contributed by atoms with Crippen molar-refractivity contribution in [2.45, 2.75) is 20.8 Å². The second-order valence-electron chi connectivity index (χ2n) is 6.53. The minimum atomic E-state index is -0.312. The van der Waals surface area contributed by atoms with Crippen LogP contribution in [-0.4, -0.2) is 44.2 Å². The summed E-state index contributed by atoms with van der Waals surface area (Å²) in [6.07, 6.45) is 1.79. The maximum atomic E-state index is 13.4. The Morgan fingerprint density at radius 2 is 1.88 bits per heavy atom. The SMILES string of the molecule is CCN(C)C=Nc1cc(C)c(C(=O)CN(C)c2cccc(F)c2)cc1C. The van der Waals surface area contributed by atoms with Crippen LogP contribution in [0.5, 0.6) is 0 Å². The molecule has 0 aliphatic rings. The van der Waals surface area contributed by atoms with Gasteiger partial charge in [0.15, 0.2) is 5.78 Å². The standard InChI is InChI=1S/C21H26FN3O/c1-6-24(4)14-23-20-11-15(2)19(10-16(20)3)21(26)13-25(5)18-9-7-8-17(22)12-18/h7-12,14H,6,13H2,1-5H3. The van der Waals surface area contributed by atoms with E-state index in [0.717, 1.165) is 23.4 Å². The first kappa shape index (κ1) is 19.6. The summed E-state index contributed by atoms with van der Waals surface area (Å²) in [5.41, 5.74) is 4.05. The van der Waals surface area contributed by atoms with Crippen molar-refractivity contribution in [3.63, 3.8) is 0 Å². The highest BCUT2D eigenvalue weighted by atomic mass is 19.1. The molecule has 0 heterocycles. The third-order valence-corrected chi connectivity index (χ3v) is 4.37. The van der Waals surface area contributed by atoms with Crippen LogP contribution in [0.3, 0.4) is 0 Å². The topological polar surface area (TPSA) is 35.9 Å². The lowest BCUT2D eigenvalue weighted by atomic mass is 10.00. The smallest absolute Gasteiger partial charge is 0.182 e. The van der Waals surface area contributed by atoms with Gasteiger partial charge in [0.2, 0.25) is 0 Å². The second-order valence-corrected chi connectivity index (χ2v) is 6.53. The van der Waals surface area contributed by atoms with Gasteiger partial charge in [-0.1, -0.05) is 6.07 Å². The van der Waals surface area contributed by atoms with E-state index < -0.39 is 0 Å². The van der Waals surface area contributed by atoms with Gasteiger partial charge in [0.25, 0.3) is 0 Å². The van der Waals surface area contributed by atoms with E-state index >= 15 is 0 Å². The Morgan fingerprint density at radius 1 is 1.15 bits per heavy atom. The number of benzene rings is 2. The maximum absolute atomic E-state index is 13.4. The summed E-state index contributed by atoms with van der Waals surface area (Å²) in [7, 11) is 3.75. The van der Waals surface area contributed by atoms with Crippen molar-refractivity contribution in [1.82, 2.24) is 4.90 Å². The second kappa shape index (κ2) is 8.61. The van der Waals surface area contributed by atoms with E-state index in [2.05, 4.69) is 11.9 Å². The summed E-state index contributed by atoms with van der Waals surface area (Å²) in [5, 5.41) is 0. The van der Waals surface area contributed by atoms with Crippen molar-refractivity contribution in [2.75, 3.05) is 32.1 Å². The van der Waals surface area contributed by atoms with Crippen LogP contribution in [-0.2, 0) is 0 Å². The fourth-order valence-corrected chi connectivity index (χ4v) is 2.59. The Kier molecular flexibility index (Phi) is 6.50. The van der Waals surface area contributed by atoms with Gasteiger partial charge in [-0.15, -0.1) is 0 Å². The molecule has 0 spiro atoms. The normalized spacial score (nSPS) is 11.0. The predicted molar refractivity (Wildman–Crippen MR) is 106 cm³/mol. The Morgan fingerprint density at radius 3 is 2.54 bits per heavy atom. The number of halogens is 1. The number of carbonyl (C=O) groups excluding carboxylic acids is 1. The first-order valence-electron chi connectivity index (χ1n) is 8.67. The number of Topliss-reactive ketones (excluding diaryl/α,β-unsaturated/α-hetero) is 1. The largest absolute Gasteiger partial charge is 0.367 e. The van der Waals surface area contributed by atoms with E-state index in [-0.39, 0.29) is 18.1 Å². The van der Waals surface area contributed by atoms with Crippen LogP contribution < -0.4 is 4.90 Å². The maximum Gasteiger partial charge on any atom is 0.182 e. The van der Waals surface area contributed by atoms with Crippen LogP contribution in [0.1, 0.15) is 28.4 Å². The number of nitrogens with zero attached hydrogens (tertiary/aromatic N) is 3. The van der Waals surface area contributed by atoms with Crippen molar-refractivity contribution in [1.29, 1.82) is 0 Å². The number of aryl methyl sites for hydroxylation is 2. The number of rotatable bonds is 7. The molecule has 0 atom stereocenters. The molecule has 2 rings (SSSR count). The van der Waals surface area contributed by atoms with Gasteiger partial charge < -0.3 is 9.80 Å². The van der Waals surface area contributed by atoms with Crippen molar-refractivity contribution in [3.05, 3.63) is 58.9 Å². The average molecular weight is 355 g/mol. The van der Waals surface area contributed by atoms with Gasteiger partial charge in [-0.2, -0.15) is 0 Å². The monoisotopic (exact) mass is 355 g/mol. The number of likely N-dealkylation sites (N-methyl/N-ethyl adjacent to an activating group) is 1. The molecule has 5 heteroatoms. The molecule has 0 saturated carbocycles. The summed E-state index contributed by atoms with van der Waals surface area (Å²) in [4.78, 5) is 21.0. The molecule has 0 aromatic heterocycles. The molecular weight excluding hydrogens is 329 g/mol. The van der Waals surface area contributed by atoms with E-state index in [1.54, 1.807) is 30.4 Å². The zero-order valence-electron chi connectivity index (χ0n) is 16.1. The molecule has 0 fully saturated rings. The third-order valence-electron chi connectivity index (χ3n) is 4.37. The number of hydrogen-bond donors (Lipinski definition) is 0. The minimum absolute atomic E-state index is 0.00133. The molecule has 2 aromatic carbocycles. The Hall–Kier alpha value is -2.69. The Balaban J connectivity index is 2.19. The van der Waals surface area contributed by atoms with Crippen LogP contribution in [0.25, 0.3) is 0 Å². The lowest BCUT2D eigenvalue weighted by Crippen LogP contribution is -2.26. The lowest BCUT2D eigenvalue weighted by Gasteiger charge is -2.19. The van der Waals surface area contributed by atoms with E-state index in [1.807, 2.05) is 37.9 Å². The molecule has 0 bridgehead atoms. The molecule has 2 aromatic rings. The molecule has 0 amide bonds. The van der Waals surface area contributed by atoms with Gasteiger partial charge in [-0.3, -0.25) is 4.79 Å². The van der Waals surface area contributed by atoms with E-state index in [1.165, 1.54) is 12.1 Å². The molecule has 138 valence electrons. The van der Waals surface area contributed by atoms with Crippen molar-refractivity contribution in [3.8, 4) is 0 Å². The first-order valence-corrected chi connectivity index (χ1v) is 8.67. The van der Waals surface area contributed by atoms with Gasteiger partial charge in [0.1, 0.15) is 5.82 Å². The molecule has 0 aliphatic carbocycles. The van der Waals surface area contributed by atoms with Crippen molar-refractivity contribution < 1.29 is 9.18 Å². The number of hydrogen-bond acceptors (Lipinski definition) is 3. The molecule has 4 nitrogen and oxygen atoms in total.